The molecule has 1 aromatic heterocycles. The number of thiazole rings is 1. The molecule has 0 radical (unpaired) electrons. The third-order valence-corrected chi connectivity index (χ3v) is 4.08. The van der Waals surface area contributed by atoms with Crippen molar-refractivity contribution in [2.24, 2.45) is 0 Å². The summed E-state index contributed by atoms with van der Waals surface area (Å²) in [7, 11) is 1.27. The normalized spacial score (nSPS) is 10.1. The number of aromatic nitrogens is 1. The number of esters is 2. The predicted octanol–water partition coefficient (Wildman–Crippen LogP) is 2.67. The van der Waals surface area contributed by atoms with Crippen molar-refractivity contribution in [3.8, 4) is 0 Å². The van der Waals surface area contributed by atoms with Crippen molar-refractivity contribution in [1.82, 2.24) is 4.98 Å². The Hall–Kier alpha value is -2.74. The van der Waals surface area contributed by atoms with Crippen LogP contribution in [0.15, 0.2) is 24.3 Å². The largest absolute Gasteiger partial charge is 0.465 e. The van der Waals surface area contributed by atoms with Crippen LogP contribution in [-0.4, -0.2) is 36.5 Å². The molecule has 1 heterocycles. The number of carbonyl (C=O) groups is 3. The van der Waals surface area contributed by atoms with E-state index in [1.807, 2.05) is 0 Å². The fourth-order valence-electron chi connectivity index (χ4n) is 1.91. The summed E-state index contributed by atoms with van der Waals surface area (Å²) in [6.07, 6.45) is 0. The van der Waals surface area contributed by atoms with Gasteiger partial charge in [-0.1, -0.05) is 17.4 Å². The number of nitrogens with one attached hydrogen (secondary N) is 1. The number of nitrogens with zero attached hydrogens (tertiary/aromatic N) is 1. The molecule has 7 nitrogen and oxygen atoms in total. The molecule has 2 rings (SSSR count). The van der Waals surface area contributed by atoms with E-state index in [1.54, 1.807) is 32.0 Å². The molecule has 0 atom stereocenters. The molecule has 0 saturated carbocycles. The van der Waals surface area contributed by atoms with Crippen LogP contribution in [0, 0.1) is 6.92 Å². The topological polar surface area (TPSA) is 94.6 Å². The van der Waals surface area contributed by atoms with Crippen LogP contribution in [0.25, 0.3) is 0 Å². The van der Waals surface area contributed by atoms with Crippen LogP contribution in [0.1, 0.15) is 43.0 Å². The van der Waals surface area contributed by atoms with E-state index in [-0.39, 0.29) is 22.9 Å². The highest BCUT2D eigenvalue weighted by Crippen LogP contribution is 2.24. The Morgan fingerprint density at radius 1 is 1.21 bits per heavy atom. The van der Waals surface area contributed by atoms with Gasteiger partial charge in [0, 0.05) is 5.56 Å². The number of ether oxygens (including phenoxy) is 2. The summed E-state index contributed by atoms with van der Waals surface area (Å²) >= 11 is 1.04. The highest BCUT2D eigenvalue weighted by molar-refractivity contribution is 7.17. The Balaban J connectivity index is 2.17. The standard InChI is InChI=1S/C16H16N2O5S/c1-4-23-15(21)12-9(2)17-16(24-12)18-13(19)10-6-5-7-11(8-10)14(20)22-3/h5-8H,4H2,1-3H3,(H,17,18,19). The number of benzene rings is 1. The van der Waals surface area contributed by atoms with Gasteiger partial charge in [0.15, 0.2) is 5.13 Å². The van der Waals surface area contributed by atoms with Gasteiger partial charge >= 0.3 is 11.9 Å². The SMILES string of the molecule is CCOC(=O)c1sc(NC(=O)c2cccc(C(=O)OC)c2)nc1C. The molecule has 0 aliphatic carbocycles. The second kappa shape index (κ2) is 7.69. The van der Waals surface area contributed by atoms with Gasteiger partial charge in [0.1, 0.15) is 4.88 Å². The van der Waals surface area contributed by atoms with Crippen LogP contribution in [0.5, 0.6) is 0 Å². The minimum absolute atomic E-state index is 0.262. The third-order valence-electron chi connectivity index (χ3n) is 3.02. The number of rotatable bonds is 5. The Kier molecular flexibility index (Phi) is 5.64. The second-order valence-corrected chi connectivity index (χ2v) is 5.68. The zero-order chi connectivity index (χ0) is 17.7. The lowest BCUT2D eigenvalue weighted by atomic mass is 10.1. The van der Waals surface area contributed by atoms with Gasteiger partial charge in [-0.05, 0) is 32.0 Å². The summed E-state index contributed by atoms with van der Waals surface area (Å²) in [4.78, 5) is 40.1. The van der Waals surface area contributed by atoms with E-state index in [2.05, 4.69) is 15.0 Å². The van der Waals surface area contributed by atoms with Gasteiger partial charge in [0.2, 0.25) is 0 Å². The molecule has 0 bridgehead atoms. The first-order valence-electron chi connectivity index (χ1n) is 7.10. The Bertz CT molecular complexity index is 785. The van der Waals surface area contributed by atoms with Gasteiger partial charge < -0.3 is 9.47 Å². The van der Waals surface area contributed by atoms with Crippen molar-refractivity contribution in [3.63, 3.8) is 0 Å². The molecular formula is C16H16N2O5S. The van der Waals surface area contributed by atoms with Gasteiger partial charge in [-0.25, -0.2) is 14.6 Å². The molecule has 0 unspecified atom stereocenters. The molecule has 0 saturated heterocycles. The van der Waals surface area contributed by atoms with Gasteiger partial charge in [0.25, 0.3) is 5.91 Å². The molecule has 0 aliphatic heterocycles. The summed E-state index contributed by atoms with van der Waals surface area (Å²) in [6.45, 7) is 3.64. The maximum absolute atomic E-state index is 12.3. The van der Waals surface area contributed by atoms with Crippen molar-refractivity contribution in [2.75, 3.05) is 19.0 Å². The molecule has 0 spiro atoms. The van der Waals surface area contributed by atoms with Crippen LogP contribution in [0.2, 0.25) is 0 Å². The van der Waals surface area contributed by atoms with Crippen molar-refractivity contribution in [2.45, 2.75) is 13.8 Å². The monoisotopic (exact) mass is 348 g/mol. The molecule has 8 heteroatoms. The lowest BCUT2D eigenvalue weighted by Gasteiger charge is -2.04. The van der Waals surface area contributed by atoms with Crippen LogP contribution >= 0.6 is 11.3 Å². The predicted molar refractivity (Wildman–Crippen MR) is 88.5 cm³/mol. The van der Waals surface area contributed by atoms with Crippen molar-refractivity contribution in [1.29, 1.82) is 0 Å². The smallest absolute Gasteiger partial charge is 0.350 e. The lowest BCUT2D eigenvalue weighted by Crippen LogP contribution is -2.13. The van der Waals surface area contributed by atoms with Crippen molar-refractivity contribution >= 4 is 34.3 Å². The van der Waals surface area contributed by atoms with Gasteiger partial charge in [-0.2, -0.15) is 0 Å². The van der Waals surface area contributed by atoms with Crippen LogP contribution < -0.4 is 5.32 Å². The van der Waals surface area contributed by atoms with Crippen molar-refractivity contribution < 1.29 is 23.9 Å². The number of hydrogen-bond acceptors (Lipinski definition) is 7. The first-order valence-corrected chi connectivity index (χ1v) is 7.92. The average Bonchev–Trinajstić information content (AvgIpc) is 2.94. The fraction of sp³-hybridized carbons (Fsp3) is 0.250. The van der Waals surface area contributed by atoms with Gasteiger partial charge in [0.05, 0.1) is 25.0 Å². The molecule has 1 aromatic carbocycles. The van der Waals surface area contributed by atoms with Crippen molar-refractivity contribution in [3.05, 3.63) is 46.0 Å². The van der Waals surface area contributed by atoms with E-state index in [9.17, 15) is 14.4 Å². The Morgan fingerprint density at radius 2 is 1.92 bits per heavy atom. The molecule has 126 valence electrons. The highest BCUT2D eigenvalue weighted by Gasteiger charge is 2.18. The van der Waals surface area contributed by atoms with Crippen LogP contribution in [0.4, 0.5) is 5.13 Å². The van der Waals surface area contributed by atoms with Gasteiger partial charge in [-0.3, -0.25) is 10.1 Å². The zero-order valence-electron chi connectivity index (χ0n) is 13.4. The lowest BCUT2D eigenvalue weighted by molar-refractivity contribution is 0.0529. The minimum atomic E-state index is -0.528. The van der Waals surface area contributed by atoms with E-state index in [0.29, 0.717) is 10.6 Å². The number of carbonyl (C=O) groups excluding carboxylic acids is 3. The second-order valence-electron chi connectivity index (χ2n) is 4.68. The minimum Gasteiger partial charge on any atom is -0.465 e. The van der Waals surface area contributed by atoms with E-state index < -0.39 is 17.8 Å². The van der Waals surface area contributed by atoms with E-state index in [4.69, 9.17) is 4.74 Å². The van der Waals surface area contributed by atoms with E-state index >= 15 is 0 Å². The quantitative estimate of drug-likeness (QED) is 0.835. The Morgan fingerprint density at radius 3 is 2.58 bits per heavy atom. The summed E-state index contributed by atoms with van der Waals surface area (Å²) < 4.78 is 9.56. The summed E-state index contributed by atoms with van der Waals surface area (Å²) in [5, 5.41) is 2.89. The molecule has 2 aromatic rings. The average molecular weight is 348 g/mol. The fourth-order valence-corrected chi connectivity index (χ4v) is 2.77. The number of hydrogen-bond donors (Lipinski definition) is 1. The van der Waals surface area contributed by atoms with Crippen LogP contribution in [-0.2, 0) is 9.47 Å². The molecule has 24 heavy (non-hydrogen) atoms. The molecular weight excluding hydrogens is 332 g/mol. The number of methoxy groups -OCH3 is 1. The van der Waals surface area contributed by atoms with Crippen LogP contribution in [0.3, 0.4) is 0 Å². The molecule has 0 aliphatic rings. The maximum atomic E-state index is 12.3. The first kappa shape index (κ1) is 17.6. The first-order chi connectivity index (χ1) is 11.5. The maximum Gasteiger partial charge on any atom is 0.350 e. The van der Waals surface area contributed by atoms with E-state index in [1.165, 1.54) is 13.2 Å². The molecule has 0 fully saturated rings. The molecule has 1 N–H and O–H groups in total. The summed E-state index contributed by atoms with van der Waals surface area (Å²) in [5.41, 5.74) is 1.04. The number of aryl methyl sites for hydroxylation is 1. The van der Waals surface area contributed by atoms with E-state index in [0.717, 1.165) is 11.3 Å². The molecule has 1 amide bonds. The number of amides is 1. The van der Waals surface area contributed by atoms with Gasteiger partial charge in [-0.15, -0.1) is 0 Å². The highest BCUT2D eigenvalue weighted by atomic mass is 32.1. The number of anilines is 1. The summed E-state index contributed by atoms with van der Waals surface area (Å²) in [5.74, 6) is -1.44. The Labute approximate surface area is 142 Å². The summed E-state index contributed by atoms with van der Waals surface area (Å²) in [6, 6.07) is 6.12. The third kappa shape index (κ3) is 3.96. The zero-order valence-corrected chi connectivity index (χ0v) is 14.2.